The van der Waals surface area contributed by atoms with Crippen LogP contribution in [0.3, 0.4) is 0 Å². The van der Waals surface area contributed by atoms with Crippen LogP contribution in [0.2, 0.25) is 0 Å². The van der Waals surface area contributed by atoms with Gasteiger partial charge in [0.05, 0.1) is 11.4 Å². The Morgan fingerprint density at radius 1 is 1.07 bits per heavy atom. The highest BCUT2D eigenvalue weighted by Gasteiger charge is 2.20. The molecule has 0 aliphatic carbocycles. The predicted molar refractivity (Wildman–Crippen MR) is 112 cm³/mol. The van der Waals surface area contributed by atoms with E-state index in [0.717, 1.165) is 55.1 Å². The summed E-state index contributed by atoms with van der Waals surface area (Å²) in [5, 5.41) is 8.05. The summed E-state index contributed by atoms with van der Waals surface area (Å²) in [5.41, 5.74) is 5.54. The van der Waals surface area contributed by atoms with Crippen molar-refractivity contribution in [2.24, 2.45) is 7.05 Å². The van der Waals surface area contributed by atoms with Crippen molar-refractivity contribution in [2.75, 3.05) is 18.4 Å². The molecule has 146 valence electrons. The van der Waals surface area contributed by atoms with Crippen LogP contribution in [0.15, 0.2) is 42.6 Å². The first kappa shape index (κ1) is 18.6. The van der Waals surface area contributed by atoms with Gasteiger partial charge in [-0.2, -0.15) is 5.10 Å². The van der Waals surface area contributed by atoms with Crippen LogP contribution in [0.25, 0.3) is 11.3 Å². The zero-order valence-electron chi connectivity index (χ0n) is 16.9. The minimum absolute atomic E-state index is 0.415. The molecule has 0 unspecified atom stereocenters. The third kappa shape index (κ3) is 4.07. The van der Waals surface area contributed by atoms with Crippen molar-refractivity contribution in [2.45, 2.75) is 39.3 Å². The Bertz CT molecular complexity index is 925. The predicted octanol–water partition coefficient (Wildman–Crippen LogP) is 3.57. The van der Waals surface area contributed by atoms with Crippen LogP contribution in [0.5, 0.6) is 0 Å². The number of hydrogen-bond donors (Lipinski definition) is 1. The lowest BCUT2D eigenvalue weighted by molar-refractivity contribution is 0.211. The maximum Gasteiger partial charge on any atom is 0.223 e. The van der Waals surface area contributed by atoms with E-state index in [1.54, 1.807) is 0 Å². The normalized spacial score (nSPS) is 15.7. The molecule has 0 saturated carbocycles. The topological polar surface area (TPSA) is 58.9 Å². The monoisotopic (exact) mass is 376 g/mol. The van der Waals surface area contributed by atoms with Crippen LogP contribution in [0.1, 0.15) is 29.8 Å². The average molecular weight is 377 g/mol. The summed E-state index contributed by atoms with van der Waals surface area (Å²) in [6.07, 6.45) is 4.04. The number of likely N-dealkylation sites (tertiary alicyclic amines) is 1. The number of aryl methyl sites for hydroxylation is 2. The summed E-state index contributed by atoms with van der Waals surface area (Å²) in [5.74, 6) is 0.710. The van der Waals surface area contributed by atoms with Crippen molar-refractivity contribution >= 4 is 5.95 Å². The molecular weight excluding hydrogens is 348 g/mol. The second kappa shape index (κ2) is 8.10. The second-order valence-corrected chi connectivity index (χ2v) is 7.62. The number of rotatable bonds is 5. The van der Waals surface area contributed by atoms with Gasteiger partial charge in [0.2, 0.25) is 5.95 Å². The molecule has 4 rings (SSSR count). The van der Waals surface area contributed by atoms with E-state index in [0.29, 0.717) is 12.0 Å². The van der Waals surface area contributed by atoms with Crippen LogP contribution in [-0.2, 0) is 13.6 Å². The molecule has 1 fully saturated rings. The van der Waals surface area contributed by atoms with Crippen molar-refractivity contribution in [3.63, 3.8) is 0 Å². The average Bonchev–Trinajstić information content (AvgIpc) is 2.96. The van der Waals surface area contributed by atoms with Gasteiger partial charge in [-0.3, -0.25) is 9.58 Å². The number of aromatic nitrogens is 4. The first-order valence-electron chi connectivity index (χ1n) is 9.96. The molecule has 0 amide bonds. The molecule has 1 saturated heterocycles. The lowest BCUT2D eigenvalue weighted by Crippen LogP contribution is -2.38. The zero-order valence-corrected chi connectivity index (χ0v) is 16.9. The van der Waals surface area contributed by atoms with E-state index in [1.807, 2.05) is 30.9 Å². The standard InChI is InChI=1S/C22H28N6/c1-16-21(17(2)27(3)26-16)20-9-12-23-22(25-20)24-19-10-13-28(14-11-19)15-18-7-5-4-6-8-18/h4-9,12,19H,10-11,13-15H2,1-3H3,(H,23,24,25). The first-order chi connectivity index (χ1) is 13.6. The molecule has 0 atom stereocenters. The summed E-state index contributed by atoms with van der Waals surface area (Å²) in [6, 6.07) is 13.1. The first-order valence-corrected chi connectivity index (χ1v) is 9.96. The van der Waals surface area contributed by atoms with Gasteiger partial charge in [0.25, 0.3) is 0 Å². The third-order valence-corrected chi connectivity index (χ3v) is 5.59. The SMILES string of the molecule is Cc1nn(C)c(C)c1-c1ccnc(NC2CCN(Cc3ccccc3)CC2)n1. The van der Waals surface area contributed by atoms with Crippen LogP contribution in [0.4, 0.5) is 5.95 Å². The highest BCUT2D eigenvalue weighted by molar-refractivity contribution is 5.65. The summed E-state index contributed by atoms with van der Waals surface area (Å²) < 4.78 is 1.91. The molecule has 0 spiro atoms. The quantitative estimate of drug-likeness (QED) is 0.738. The molecule has 1 aliphatic heterocycles. The molecule has 2 aromatic heterocycles. The Morgan fingerprint density at radius 3 is 2.50 bits per heavy atom. The third-order valence-electron chi connectivity index (χ3n) is 5.59. The molecule has 3 aromatic rings. The molecule has 0 bridgehead atoms. The van der Waals surface area contributed by atoms with Crippen LogP contribution in [0, 0.1) is 13.8 Å². The molecule has 1 N–H and O–H groups in total. The van der Waals surface area contributed by atoms with E-state index in [9.17, 15) is 0 Å². The molecule has 1 aliphatic rings. The number of hydrogen-bond acceptors (Lipinski definition) is 5. The molecule has 3 heterocycles. The molecule has 6 nitrogen and oxygen atoms in total. The van der Waals surface area contributed by atoms with E-state index in [4.69, 9.17) is 4.98 Å². The van der Waals surface area contributed by atoms with Gasteiger partial charge in [-0.25, -0.2) is 9.97 Å². The van der Waals surface area contributed by atoms with Gasteiger partial charge < -0.3 is 5.32 Å². The van der Waals surface area contributed by atoms with Crippen molar-refractivity contribution in [1.82, 2.24) is 24.6 Å². The van der Waals surface area contributed by atoms with Crippen molar-refractivity contribution in [1.29, 1.82) is 0 Å². The van der Waals surface area contributed by atoms with Crippen LogP contribution < -0.4 is 5.32 Å². The Labute approximate surface area is 166 Å². The van der Waals surface area contributed by atoms with E-state index in [-0.39, 0.29) is 0 Å². The maximum absolute atomic E-state index is 4.77. The number of benzene rings is 1. The highest BCUT2D eigenvalue weighted by Crippen LogP contribution is 2.25. The van der Waals surface area contributed by atoms with Crippen LogP contribution >= 0.6 is 0 Å². The molecule has 28 heavy (non-hydrogen) atoms. The highest BCUT2D eigenvalue weighted by atomic mass is 15.3. The number of piperidine rings is 1. The van der Waals surface area contributed by atoms with E-state index in [2.05, 4.69) is 57.6 Å². The zero-order chi connectivity index (χ0) is 19.5. The van der Waals surface area contributed by atoms with E-state index in [1.165, 1.54) is 5.56 Å². The van der Waals surface area contributed by atoms with E-state index < -0.39 is 0 Å². The fourth-order valence-corrected chi connectivity index (χ4v) is 3.97. The molecule has 0 radical (unpaired) electrons. The largest absolute Gasteiger partial charge is 0.351 e. The van der Waals surface area contributed by atoms with Gasteiger partial charge in [-0.05, 0) is 38.3 Å². The molecular formula is C22H28N6. The Hall–Kier alpha value is -2.73. The summed E-state index contributed by atoms with van der Waals surface area (Å²) >= 11 is 0. The summed E-state index contributed by atoms with van der Waals surface area (Å²) in [4.78, 5) is 11.7. The van der Waals surface area contributed by atoms with Gasteiger partial charge in [0, 0.05) is 50.2 Å². The molecule has 1 aromatic carbocycles. The van der Waals surface area contributed by atoms with E-state index >= 15 is 0 Å². The Kier molecular flexibility index (Phi) is 5.39. The summed E-state index contributed by atoms with van der Waals surface area (Å²) in [6.45, 7) is 7.31. The fourth-order valence-electron chi connectivity index (χ4n) is 3.97. The lowest BCUT2D eigenvalue weighted by Gasteiger charge is -2.32. The number of nitrogens with zero attached hydrogens (tertiary/aromatic N) is 5. The van der Waals surface area contributed by atoms with Crippen molar-refractivity contribution in [3.8, 4) is 11.3 Å². The molecule has 6 heteroatoms. The lowest BCUT2D eigenvalue weighted by atomic mass is 10.0. The van der Waals surface area contributed by atoms with Crippen LogP contribution in [-0.4, -0.2) is 43.8 Å². The fraction of sp³-hybridized carbons (Fsp3) is 0.409. The van der Waals surface area contributed by atoms with Gasteiger partial charge in [-0.15, -0.1) is 0 Å². The van der Waals surface area contributed by atoms with Crippen molar-refractivity contribution in [3.05, 3.63) is 59.5 Å². The number of anilines is 1. The Morgan fingerprint density at radius 2 is 1.82 bits per heavy atom. The van der Waals surface area contributed by atoms with Gasteiger partial charge >= 0.3 is 0 Å². The number of nitrogens with one attached hydrogen (secondary N) is 1. The maximum atomic E-state index is 4.77. The summed E-state index contributed by atoms with van der Waals surface area (Å²) in [7, 11) is 1.97. The van der Waals surface area contributed by atoms with Gasteiger partial charge in [-0.1, -0.05) is 30.3 Å². The van der Waals surface area contributed by atoms with Gasteiger partial charge in [0.1, 0.15) is 0 Å². The minimum atomic E-state index is 0.415. The van der Waals surface area contributed by atoms with Crippen molar-refractivity contribution < 1.29 is 0 Å². The second-order valence-electron chi connectivity index (χ2n) is 7.62. The van der Waals surface area contributed by atoms with Gasteiger partial charge in [0.15, 0.2) is 0 Å². The smallest absolute Gasteiger partial charge is 0.223 e. The Balaban J connectivity index is 1.38. The minimum Gasteiger partial charge on any atom is -0.351 e.